The monoisotopic (exact) mass is 346 g/mol. The van der Waals surface area contributed by atoms with Crippen molar-refractivity contribution in [3.8, 4) is 0 Å². The molecule has 0 bridgehead atoms. The zero-order valence-corrected chi connectivity index (χ0v) is 15.3. The number of piperidine rings is 1. The number of carbonyl (C=O) groups excluding carboxylic acids is 1. The van der Waals surface area contributed by atoms with E-state index in [4.69, 9.17) is 4.74 Å². The van der Waals surface area contributed by atoms with Crippen LogP contribution in [-0.4, -0.2) is 47.9 Å². The summed E-state index contributed by atoms with van der Waals surface area (Å²) in [5.74, 6) is 0. The number of anilines is 1. The van der Waals surface area contributed by atoms with E-state index in [1.165, 1.54) is 5.56 Å². The van der Waals surface area contributed by atoms with Crippen LogP contribution in [0.15, 0.2) is 24.3 Å². The molecule has 25 heavy (non-hydrogen) atoms. The molecule has 5 nitrogen and oxygen atoms in total. The summed E-state index contributed by atoms with van der Waals surface area (Å²) in [6, 6.07) is 8.02. The van der Waals surface area contributed by atoms with Crippen LogP contribution in [0.4, 0.5) is 10.5 Å². The zero-order valence-electron chi connectivity index (χ0n) is 15.3. The fourth-order valence-corrected chi connectivity index (χ4v) is 4.19. The van der Waals surface area contributed by atoms with E-state index in [1.807, 2.05) is 24.0 Å². The molecule has 2 amide bonds. The first-order valence-corrected chi connectivity index (χ1v) is 9.53. The van der Waals surface area contributed by atoms with E-state index in [0.29, 0.717) is 19.7 Å². The van der Waals surface area contributed by atoms with Gasteiger partial charge in [0.15, 0.2) is 0 Å². The van der Waals surface area contributed by atoms with Crippen LogP contribution in [0.5, 0.6) is 0 Å². The van der Waals surface area contributed by atoms with Gasteiger partial charge in [-0.1, -0.05) is 25.5 Å². The van der Waals surface area contributed by atoms with Gasteiger partial charge in [0, 0.05) is 37.2 Å². The van der Waals surface area contributed by atoms with E-state index < -0.39 is 0 Å². The lowest BCUT2D eigenvalue weighted by Crippen LogP contribution is -2.63. The van der Waals surface area contributed by atoms with Crippen molar-refractivity contribution in [2.45, 2.75) is 58.2 Å². The van der Waals surface area contributed by atoms with Gasteiger partial charge in [0.2, 0.25) is 0 Å². The number of aliphatic hydroxyl groups is 1. The van der Waals surface area contributed by atoms with Gasteiger partial charge in [0.1, 0.15) is 0 Å². The minimum Gasteiger partial charge on any atom is -0.392 e. The number of ether oxygens (including phenoxy) is 1. The molecule has 138 valence electrons. The van der Waals surface area contributed by atoms with Gasteiger partial charge in [-0.2, -0.15) is 0 Å². The topological polar surface area (TPSA) is 61.8 Å². The van der Waals surface area contributed by atoms with Gasteiger partial charge >= 0.3 is 6.03 Å². The van der Waals surface area contributed by atoms with Gasteiger partial charge in [-0.25, -0.2) is 4.79 Å². The van der Waals surface area contributed by atoms with Crippen LogP contribution in [0.25, 0.3) is 0 Å². The van der Waals surface area contributed by atoms with Crippen molar-refractivity contribution in [1.82, 2.24) is 4.90 Å². The zero-order chi connectivity index (χ0) is 17.9. The quantitative estimate of drug-likeness (QED) is 0.859. The average Bonchev–Trinajstić information content (AvgIpc) is 2.63. The Morgan fingerprint density at radius 1 is 1.28 bits per heavy atom. The molecule has 2 aliphatic rings. The van der Waals surface area contributed by atoms with Crippen molar-refractivity contribution in [3.63, 3.8) is 0 Å². The number of aryl methyl sites for hydroxylation is 1. The molecule has 1 aromatic carbocycles. The normalized spacial score (nSPS) is 24.8. The number of nitrogens with one attached hydrogen (secondary N) is 1. The Labute approximate surface area is 150 Å². The first kappa shape index (κ1) is 18.2. The van der Waals surface area contributed by atoms with Crippen molar-refractivity contribution < 1.29 is 14.6 Å². The van der Waals surface area contributed by atoms with Crippen LogP contribution < -0.4 is 5.32 Å². The van der Waals surface area contributed by atoms with E-state index in [0.717, 1.165) is 37.8 Å². The second-order valence-electron chi connectivity index (χ2n) is 7.29. The SMILES string of the molecule is CCCc1ccc(NC(=O)N2CCC3(CC2)[C@H](O)C[C@H]3OCC)cc1. The maximum Gasteiger partial charge on any atom is 0.321 e. The molecule has 2 N–H and O–H groups in total. The Morgan fingerprint density at radius 2 is 1.96 bits per heavy atom. The summed E-state index contributed by atoms with van der Waals surface area (Å²) >= 11 is 0. The maximum atomic E-state index is 12.5. The van der Waals surface area contributed by atoms with E-state index in [-0.39, 0.29) is 23.7 Å². The van der Waals surface area contributed by atoms with Crippen molar-refractivity contribution in [1.29, 1.82) is 0 Å². The number of hydrogen-bond donors (Lipinski definition) is 2. The minimum absolute atomic E-state index is 0.0557. The third kappa shape index (κ3) is 3.67. The molecule has 1 saturated carbocycles. The van der Waals surface area contributed by atoms with Gasteiger partial charge in [0.25, 0.3) is 0 Å². The lowest BCUT2D eigenvalue weighted by Gasteiger charge is -2.56. The third-order valence-electron chi connectivity index (χ3n) is 5.84. The molecule has 0 radical (unpaired) electrons. The second kappa shape index (κ2) is 7.75. The molecule has 2 fully saturated rings. The summed E-state index contributed by atoms with van der Waals surface area (Å²) in [5, 5.41) is 13.2. The molecule has 5 heteroatoms. The fourth-order valence-electron chi connectivity index (χ4n) is 4.19. The lowest BCUT2D eigenvalue weighted by molar-refractivity contribution is -0.207. The first-order valence-electron chi connectivity index (χ1n) is 9.53. The summed E-state index contributed by atoms with van der Waals surface area (Å²) in [7, 11) is 0. The maximum absolute atomic E-state index is 12.5. The molecule has 1 saturated heterocycles. The standard InChI is InChI=1S/C20H30N2O3/c1-3-5-15-6-8-16(9-7-15)21-19(24)22-12-10-20(11-13-22)17(23)14-18(20)25-4-2/h6-9,17-18,23H,3-5,10-14H2,1-2H3,(H,21,24)/t17-,18-/m1/s1. The van der Waals surface area contributed by atoms with Crippen molar-refractivity contribution in [3.05, 3.63) is 29.8 Å². The summed E-state index contributed by atoms with van der Waals surface area (Å²) in [5.41, 5.74) is 1.98. The second-order valence-corrected chi connectivity index (χ2v) is 7.29. The molecule has 1 heterocycles. The highest BCUT2D eigenvalue weighted by molar-refractivity contribution is 5.89. The molecular formula is C20H30N2O3. The third-order valence-corrected chi connectivity index (χ3v) is 5.84. The highest BCUT2D eigenvalue weighted by Gasteiger charge is 2.56. The Morgan fingerprint density at radius 3 is 2.52 bits per heavy atom. The molecule has 1 aliphatic carbocycles. The van der Waals surface area contributed by atoms with E-state index in [9.17, 15) is 9.90 Å². The van der Waals surface area contributed by atoms with Crippen LogP contribution in [0.2, 0.25) is 0 Å². The predicted octanol–water partition coefficient (Wildman–Crippen LogP) is 3.42. The smallest absolute Gasteiger partial charge is 0.321 e. The molecule has 1 spiro atoms. The van der Waals surface area contributed by atoms with Crippen LogP contribution in [0.1, 0.15) is 45.1 Å². The Balaban J connectivity index is 1.53. The fraction of sp³-hybridized carbons (Fsp3) is 0.650. The molecule has 0 aromatic heterocycles. The van der Waals surface area contributed by atoms with Crippen molar-refractivity contribution in [2.75, 3.05) is 25.0 Å². The molecular weight excluding hydrogens is 316 g/mol. The molecule has 3 rings (SSSR count). The summed E-state index contributed by atoms with van der Waals surface area (Å²) in [6.07, 6.45) is 4.37. The van der Waals surface area contributed by atoms with Crippen LogP contribution in [0.3, 0.4) is 0 Å². The highest BCUT2D eigenvalue weighted by Crippen LogP contribution is 2.50. The van der Waals surface area contributed by atoms with Gasteiger partial charge in [-0.05, 0) is 43.9 Å². The van der Waals surface area contributed by atoms with Crippen molar-refractivity contribution in [2.24, 2.45) is 5.41 Å². The number of likely N-dealkylation sites (tertiary alicyclic amines) is 1. The molecule has 2 atom stereocenters. The van der Waals surface area contributed by atoms with E-state index >= 15 is 0 Å². The largest absolute Gasteiger partial charge is 0.392 e. The molecule has 1 aliphatic heterocycles. The molecule has 1 aromatic rings. The van der Waals surface area contributed by atoms with E-state index in [2.05, 4.69) is 24.4 Å². The van der Waals surface area contributed by atoms with E-state index in [1.54, 1.807) is 0 Å². The van der Waals surface area contributed by atoms with Crippen molar-refractivity contribution >= 4 is 11.7 Å². The Bertz CT molecular complexity index is 577. The average molecular weight is 346 g/mol. The van der Waals surface area contributed by atoms with Gasteiger partial charge < -0.3 is 20.1 Å². The van der Waals surface area contributed by atoms with Gasteiger partial charge in [-0.15, -0.1) is 0 Å². The van der Waals surface area contributed by atoms with Gasteiger partial charge in [-0.3, -0.25) is 0 Å². The lowest BCUT2D eigenvalue weighted by atomic mass is 9.58. The number of hydrogen-bond acceptors (Lipinski definition) is 3. The highest BCUT2D eigenvalue weighted by atomic mass is 16.5. The number of aliphatic hydroxyl groups excluding tert-OH is 1. The minimum atomic E-state index is -0.291. The number of urea groups is 1. The molecule has 0 unspecified atom stereocenters. The Hall–Kier alpha value is -1.59. The summed E-state index contributed by atoms with van der Waals surface area (Å²) < 4.78 is 5.78. The van der Waals surface area contributed by atoms with Gasteiger partial charge in [0.05, 0.1) is 12.2 Å². The first-order chi connectivity index (χ1) is 12.1. The number of rotatable bonds is 5. The summed E-state index contributed by atoms with van der Waals surface area (Å²) in [6.45, 7) is 6.17. The van der Waals surface area contributed by atoms with Crippen LogP contribution in [0, 0.1) is 5.41 Å². The number of amides is 2. The van der Waals surface area contributed by atoms with Crippen LogP contribution >= 0.6 is 0 Å². The Kier molecular flexibility index (Phi) is 5.64. The predicted molar refractivity (Wildman–Crippen MR) is 98.7 cm³/mol. The number of benzene rings is 1. The van der Waals surface area contributed by atoms with Crippen LogP contribution in [-0.2, 0) is 11.2 Å². The number of nitrogens with zero attached hydrogens (tertiary/aromatic N) is 1. The number of carbonyl (C=O) groups is 1. The summed E-state index contributed by atoms with van der Waals surface area (Å²) in [4.78, 5) is 14.4.